The van der Waals surface area contributed by atoms with Gasteiger partial charge in [-0.25, -0.2) is 4.39 Å². The van der Waals surface area contributed by atoms with Crippen LogP contribution in [0.2, 0.25) is 0 Å². The van der Waals surface area contributed by atoms with Gasteiger partial charge in [-0.1, -0.05) is 12.1 Å². The first kappa shape index (κ1) is 8.99. The second-order valence-electron chi connectivity index (χ2n) is 2.99. The number of hydrogen-bond donors (Lipinski definition) is 0. The van der Waals surface area contributed by atoms with Gasteiger partial charge in [-0.2, -0.15) is 0 Å². The highest BCUT2D eigenvalue weighted by atomic mass is 19.1. The van der Waals surface area contributed by atoms with E-state index in [1.54, 1.807) is 18.2 Å². The number of carbonyl (C=O) groups is 1. The predicted molar refractivity (Wildman–Crippen MR) is 50.3 cm³/mol. The summed E-state index contributed by atoms with van der Waals surface area (Å²) in [6, 6.07) is 7.14. The zero-order valence-electron chi connectivity index (χ0n) is 7.57. The van der Waals surface area contributed by atoms with E-state index in [2.05, 4.69) is 0 Å². The Bertz CT molecular complexity index is 354. The molecule has 0 fully saturated rings. The highest BCUT2D eigenvalue weighted by molar-refractivity contribution is 5.97. The minimum atomic E-state index is -0.542. The first-order valence-electron chi connectivity index (χ1n) is 4.41. The van der Waals surface area contributed by atoms with Crippen molar-refractivity contribution in [2.45, 2.75) is 0 Å². The minimum absolute atomic E-state index is 0.00296. The molecule has 0 saturated carbocycles. The van der Waals surface area contributed by atoms with E-state index >= 15 is 0 Å². The predicted octanol–water partition coefficient (Wildman–Crippen LogP) is 1.38. The fourth-order valence-corrected chi connectivity index (χ4v) is 1.48. The third-order valence-corrected chi connectivity index (χ3v) is 2.12. The Kier molecular flexibility index (Phi) is 2.35. The van der Waals surface area contributed by atoms with Gasteiger partial charge in [0.2, 0.25) is 0 Å². The molecule has 0 bridgehead atoms. The first-order valence-corrected chi connectivity index (χ1v) is 4.41. The van der Waals surface area contributed by atoms with Crippen molar-refractivity contribution in [2.75, 3.05) is 24.7 Å². The first-order chi connectivity index (χ1) is 6.83. The lowest BCUT2D eigenvalue weighted by Crippen LogP contribution is -2.39. The van der Waals surface area contributed by atoms with E-state index in [1.807, 2.05) is 6.07 Å². The van der Waals surface area contributed by atoms with Crippen LogP contribution in [-0.2, 0) is 4.79 Å². The number of nitrogens with zero attached hydrogens (tertiary/aromatic N) is 1. The van der Waals surface area contributed by atoms with E-state index in [1.165, 1.54) is 4.90 Å². The molecule has 3 nitrogen and oxygen atoms in total. The number of hydrogen-bond acceptors (Lipinski definition) is 2. The molecule has 0 atom stereocenters. The van der Waals surface area contributed by atoms with Gasteiger partial charge in [0.15, 0.2) is 6.61 Å². The van der Waals surface area contributed by atoms with Gasteiger partial charge >= 0.3 is 0 Å². The van der Waals surface area contributed by atoms with Gasteiger partial charge in [0.25, 0.3) is 5.91 Å². The topological polar surface area (TPSA) is 29.5 Å². The number of alkyl halides is 1. The number of para-hydroxylation sites is 2. The summed E-state index contributed by atoms with van der Waals surface area (Å²) in [4.78, 5) is 12.8. The highest BCUT2D eigenvalue weighted by Gasteiger charge is 2.24. The van der Waals surface area contributed by atoms with Gasteiger partial charge in [-0.05, 0) is 12.1 Å². The van der Waals surface area contributed by atoms with Gasteiger partial charge < -0.3 is 9.64 Å². The standard InChI is InChI=1S/C10H10FNO2/c11-5-6-12-8-3-1-2-4-9(8)14-7-10(12)13/h1-4H,5-7H2. The van der Waals surface area contributed by atoms with Crippen molar-refractivity contribution < 1.29 is 13.9 Å². The number of carbonyl (C=O) groups excluding carboxylic acids is 1. The number of ether oxygens (including phenoxy) is 1. The Morgan fingerprint density at radius 2 is 2.21 bits per heavy atom. The molecule has 1 amide bonds. The van der Waals surface area contributed by atoms with Crippen molar-refractivity contribution in [1.82, 2.24) is 0 Å². The van der Waals surface area contributed by atoms with E-state index in [9.17, 15) is 9.18 Å². The van der Waals surface area contributed by atoms with Crippen LogP contribution in [0.25, 0.3) is 0 Å². The zero-order valence-corrected chi connectivity index (χ0v) is 7.57. The van der Waals surface area contributed by atoms with E-state index in [0.29, 0.717) is 11.4 Å². The molecule has 1 aliphatic rings. The second-order valence-corrected chi connectivity index (χ2v) is 2.99. The Balaban J connectivity index is 2.36. The van der Waals surface area contributed by atoms with Crippen LogP contribution in [0.15, 0.2) is 24.3 Å². The number of anilines is 1. The highest BCUT2D eigenvalue weighted by Crippen LogP contribution is 2.30. The van der Waals surface area contributed by atoms with E-state index < -0.39 is 6.67 Å². The molecule has 4 heteroatoms. The van der Waals surface area contributed by atoms with Gasteiger partial charge in [-0.3, -0.25) is 4.79 Å². The monoisotopic (exact) mass is 195 g/mol. The molecule has 0 unspecified atom stereocenters. The molecule has 0 aromatic heterocycles. The fourth-order valence-electron chi connectivity index (χ4n) is 1.48. The normalized spacial score (nSPS) is 14.9. The molecule has 14 heavy (non-hydrogen) atoms. The van der Waals surface area contributed by atoms with Crippen molar-refractivity contribution in [3.05, 3.63) is 24.3 Å². The largest absolute Gasteiger partial charge is 0.482 e. The maximum absolute atomic E-state index is 12.2. The second kappa shape index (κ2) is 3.65. The molecule has 0 aliphatic carbocycles. The Morgan fingerprint density at radius 3 is 3.00 bits per heavy atom. The number of rotatable bonds is 2. The third kappa shape index (κ3) is 1.43. The molecular weight excluding hydrogens is 185 g/mol. The molecular formula is C10H10FNO2. The van der Waals surface area contributed by atoms with Gasteiger partial charge in [0.05, 0.1) is 12.2 Å². The van der Waals surface area contributed by atoms with Crippen molar-refractivity contribution in [3.8, 4) is 5.75 Å². The molecule has 1 aliphatic heterocycles. The molecule has 0 N–H and O–H groups in total. The molecule has 0 saturated heterocycles. The van der Waals surface area contributed by atoms with E-state index in [-0.39, 0.29) is 19.1 Å². The van der Waals surface area contributed by atoms with Gasteiger partial charge in [0, 0.05) is 0 Å². The Labute approximate surface area is 81.1 Å². The SMILES string of the molecule is O=C1COc2ccccc2N1CCF. The maximum atomic E-state index is 12.2. The molecule has 0 radical (unpaired) electrons. The summed E-state index contributed by atoms with van der Waals surface area (Å²) < 4.78 is 17.4. The molecule has 0 spiro atoms. The molecule has 2 rings (SSSR count). The quantitative estimate of drug-likeness (QED) is 0.713. The van der Waals surface area contributed by atoms with Crippen LogP contribution in [-0.4, -0.2) is 25.7 Å². The summed E-state index contributed by atoms with van der Waals surface area (Å²) in [5.74, 6) is 0.446. The lowest BCUT2D eigenvalue weighted by atomic mass is 10.2. The number of fused-ring (bicyclic) bond motifs is 1. The van der Waals surface area contributed by atoms with Crippen LogP contribution in [0.5, 0.6) is 5.75 Å². The van der Waals surface area contributed by atoms with E-state index in [4.69, 9.17) is 4.74 Å². The lowest BCUT2D eigenvalue weighted by molar-refractivity contribution is -0.121. The molecule has 1 aromatic rings. The summed E-state index contributed by atoms with van der Waals surface area (Å²) in [7, 11) is 0. The summed E-state index contributed by atoms with van der Waals surface area (Å²) in [6.45, 7) is -0.448. The average molecular weight is 195 g/mol. The molecule has 1 heterocycles. The maximum Gasteiger partial charge on any atom is 0.265 e. The average Bonchev–Trinajstić information content (AvgIpc) is 2.23. The van der Waals surface area contributed by atoms with Crippen molar-refractivity contribution in [3.63, 3.8) is 0 Å². The van der Waals surface area contributed by atoms with Crippen LogP contribution in [0.3, 0.4) is 0 Å². The van der Waals surface area contributed by atoms with Crippen LogP contribution in [0.4, 0.5) is 10.1 Å². The third-order valence-electron chi connectivity index (χ3n) is 2.12. The summed E-state index contributed by atoms with van der Waals surface area (Å²) >= 11 is 0. The Morgan fingerprint density at radius 1 is 1.43 bits per heavy atom. The molecule has 1 aromatic carbocycles. The number of halogens is 1. The van der Waals surface area contributed by atoms with Crippen molar-refractivity contribution in [2.24, 2.45) is 0 Å². The smallest absolute Gasteiger partial charge is 0.265 e. The van der Waals surface area contributed by atoms with Gasteiger partial charge in [0.1, 0.15) is 12.4 Å². The lowest BCUT2D eigenvalue weighted by Gasteiger charge is -2.28. The van der Waals surface area contributed by atoms with Crippen molar-refractivity contribution in [1.29, 1.82) is 0 Å². The number of benzene rings is 1. The van der Waals surface area contributed by atoms with Gasteiger partial charge in [-0.15, -0.1) is 0 Å². The fraction of sp³-hybridized carbons (Fsp3) is 0.300. The van der Waals surface area contributed by atoms with Crippen molar-refractivity contribution >= 4 is 11.6 Å². The summed E-state index contributed by atoms with van der Waals surface area (Å²) in [5, 5.41) is 0. The van der Waals surface area contributed by atoms with Crippen LogP contribution in [0.1, 0.15) is 0 Å². The van der Waals surface area contributed by atoms with Crippen LogP contribution in [0, 0.1) is 0 Å². The molecule has 74 valence electrons. The van der Waals surface area contributed by atoms with Crippen LogP contribution >= 0.6 is 0 Å². The summed E-state index contributed by atoms with van der Waals surface area (Å²) in [6.07, 6.45) is 0. The minimum Gasteiger partial charge on any atom is -0.482 e. The Hall–Kier alpha value is -1.58. The van der Waals surface area contributed by atoms with Crippen LogP contribution < -0.4 is 9.64 Å². The number of amides is 1. The summed E-state index contributed by atoms with van der Waals surface area (Å²) in [5.41, 5.74) is 0.654. The van der Waals surface area contributed by atoms with E-state index in [0.717, 1.165) is 0 Å². The zero-order chi connectivity index (χ0) is 9.97.